The Morgan fingerprint density at radius 3 is 2.71 bits per heavy atom. The summed E-state index contributed by atoms with van der Waals surface area (Å²) in [6, 6.07) is 13.6. The first kappa shape index (κ1) is 20.3. The van der Waals surface area contributed by atoms with Crippen LogP contribution in [0.5, 0.6) is 0 Å². The summed E-state index contributed by atoms with van der Waals surface area (Å²) >= 11 is 0. The normalized spacial score (nSPS) is 16.7. The molecule has 3 rings (SSSR count). The maximum atomic E-state index is 12.6. The van der Waals surface area contributed by atoms with Crippen molar-refractivity contribution in [2.45, 2.75) is 45.1 Å². The molecule has 1 aliphatic rings. The second-order valence-electron chi connectivity index (χ2n) is 7.40. The van der Waals surface area contributed by atoms with Gasteiger partial charge in [0.15, 0.2) is 0 Å². The van der Waals surface area contributed by atoms with Crippen LogP contribution in [0.3, 0.4) is 0 Å². The molecule has 1 saturated heterocycles. The minimum Gasteiger partial charge on any atom is -0.376 e. The number of hydrogen-bond donors (Lipinski definition) is 1. The number of rotatable bonds is 8. The van der Waals surface area contributed by atoms with Gasteiger partial charge in [-0.05, 0) is 48.6 Å². The lowest BCUT2D eigenvalue weighted by molar-refractivity contribution is -0.133. The molecule has 5 nitrogen and oxygen atoms in total. The van der Waals surface area contributed by atoms with E-state index >= 15 is 0 Å². The summed E-state index contributed by atoms with van der Waals surface area (Å²) in [5.41, 5.74) is 0.618. The van der Waals surface area contributed by atoms with Crippen LogP contribution in [0.15, 0.2) is 42.5 Å². The van der Waals surface area contributed by atoms with Gasteiger partial charge in [0.05, 0.1) is 6.10 Å². The number of ether oxygens (including phenoxy) is 1. The highest BCUT2D eigenvalue weighted by molar-refractivity contribution is 5.98. The number of carbonyl (C=O) groups excluding carboxylic acids is 2. The molecule has 0 aliphatic carbocycles. The molecule has 2 aromatic carbocycles. The van der Waals surface area contributed by atoms with Gasteiger partial charge in [-0.15, -0.1) is 0 Å². The Morgan fingerprint density at radius 2 is 1.96 bits per heavy atom. The minimum atomic E-state index is -0.142. The van der Waals surface area contributed by atoms with Gasteiger partial charge >= 0.3 is 0 Å². The van der Waals surface area contributed by atoms with E-state index in [-0.39, 0.29) is 17.9 Å². The molecule has 1 aliphatic heterocycles. The number of nitrogens with zero attached hydrogens (tertiary/aromatic N) is 1. The molecule has 1 unspecified atom stereocenters. The van der Waals surface area contributed by atoms with E-state index in [4.69, 9.17) is 4.74 Å². The molecule has 1 N–H and O–H groups in total. The Balaban J connectivity index is 1.49. The number of amides is 2. The van der Waals surface area contributed by atoms with Gasteiger partial charge in [-0.1, -0.05) is 37.3 Å². The van der Waals surface area contributed by atoms with Gasteiger partial charge in [0.2, 0.25) is 5.91 Å². The average Bonchev–Trinajstić information content (AvgIpc) is 2.73. The van der Waals surface area contributed by atoms with Gasteiger partial charge in [0, 0.05) is 38.2 Å². The number of carbonyl (C=O) groups is 2. The largest absolute Gasteiger partial charge is 0.376 e. The van der Waals surface area contributed by atoms with E-state index in [1.807, 2.05) is 47.4 Å². The molecule has 1 heterocycles. The number of fused-ring (bicyclic) bond motifs is 1. The Morgan fingerprint density at radius 1 is 1.14 bits per heavy atom. The second kappa shape index (κ2) is 10.2. The predicted molar refractivity (Wildman–Crippen MR) is 111 cm³/mol. The van der Waals surface area contributed by atoms with Crippen LogP contribution in [0.25, 0.3) is 10.8 Å². The summed E-state index contributed by atoms with van der Waals surface area (Å²) in [5, 5.41) is 5.02. The third-order valence-corrected chi connectivity index (χ3v) is 5.18. The zero-order valence-electron chi connectivity index (χ0n) is 16.7. The Labute approximate surface area is 167 Å². The fourth-order valence-corrected chi connectivity index (χ4v) is 3.66. The van der Waals surface area contributed by atoms with Crippen molar-refractivity contribution in [2.24, 2.45) is 0 Å². The van der Waals surface area contributed by atoms with Gasteiger partial charge in [0.1, 0.15) is 0 Å². The van der Waals surface area contributed by atoms with Crippen molar-refractivity contribution in [3.63, 3.8) is 0 Å². The van der Waals surface area contributed by atoms with Crippen LogP contribution in [0.1, 0.15) is 49.4 Å². The Hall–Kier alpha value is -2.40. The van der Waals surface area contributed by atoms with Crippen molar-refractivity contribution in [3.8, 4) is 0 Å². The van der Waals surface area contributed by atoms with Crippen molar-refractivity contribution >= 4 is 22.6 Å². The third kappa shape index (κ3) is 5.55. The van der Waals surface area contributed by atoms with Gasteiger partial charge in [0.25, 0.3) is 5.91 Å². The predicted octanol–water partition coefficient (Wildman–Crippen LogP) is 3.77. The van der Waals surface area contributed by atoms with Crippen molar-refractivity contribution in [1.29, 1.82) is 0 Å². The maximum Gasteiger partial charge on any atom is 0.251 e. The highest BCUT2D eigenvalue weighted by Gasteiger charge is 2.21. The lowest BCUT2D eigenvalue weighted by Crippen LogP contribution is -2.41. The SMILES string of the molecule is CCCN(CC1CCCCO1)C(=O)CCNC(=O)c1ccc2ccccc2c1. The summed E-state index contributed by atoms with van der Waals surface area (Å²) in [6.07, 6.45) is 4.68. The van der Waals surface area contributed by atoms with E-state index in [0.717, 1.165) is 43.2 Å². The van der Waals surface area contributed by atoms with Gasteiger partial charge in [-0.3, -0.25) is 9.59 Å². The molecular weight excluding hydrogens is 352 g/mol. The number of benzene rings is 2. The summed E-state index contributed by atoms with van der Waals surface area (Å²) in [7, 11) is 0. The molecule has 5 heteroatoms. The van der Waals surface area contributed by atoms with Crippen LogP contribution in [0, 0.1) is 0 Å². The van der Waals surface area contributed by atoms with Crippen molar-refractivity contribution in [3.05, 3.63) is 48.0 Å². The smallest absolute Gasteiger partial charge is 0.251 e. The fraction of sp³-hybridized carbons (Fsp3) is 0.478. The van der Waals surface area contributed by atoms with Crippen LogP contribution in [-0.4, -0.2) is 49.1 Å². The zero-order chi connectivity index (χ0) is 19.8. The van der Waals surface area contributed by atoms with Crippen molar-refractivity contribution < 1.29 is 14.3 Å². The van der Waals surface area contributed by atoms with Crippen LogP contribution in [-0.2, 0) is 9.53 Å². The van der Waals surface area contributed by atoms with E-state index < -0.39 is 0 Å². The molecule has 1 fully saturated rings. The molecule has 0 saturated carbocycles. The summed E-state index contributed by atoms with van der Waals surface area (Å²) in [5.74, 6) is -0.0638. The molecule has 1 atom stereocenters. The highest BCUT2D eigenvalue weighted by atomic mass is 16.5. The van der Waals surface area contributed by atoms with E-state index in [2.05, 4.69) is 12.2 Å². The first-order valence-corrected chi connectivity index (χ1v) is 10.3. The van der Waals surface area contributed by atoms with Gasteiger partial charge in [-0.2, -0.15) is 0 Å². The summed E-state index contributed by atoms with van der Waals surface area (Å²) in [4.78, 5) is 26.9. The molecule has 0 radical (unpaired) electrons. The minimum absolute atomic E-state index is 0.0786. The monoisotopic (exact) mass is 382 g/mol. The van der Waals surface area contributed by atoms with Gasteiger partial charge in [-0.25, -0.2) is 0 Å². The fourth-order valence-electron chi connectivity index (χ4n) is 3.66. The second-order valence-corrected chi connectivity index (χ2v) is 7.40. The molecule has 2 amide bonds. The van der Waals surface area contributed by atoms with Crippen LogP contribution in [0.2, 0.25) is 0 Å². The Kier molecular flexibility index (Phi) is 7.43. The number of hydrogen-bond acceptors (Lipinski definition) is 3. The lowest BCUT2D eigenvalue weighted by atomic mass is 10.1. The average molecular weight is 383 g/mol. The van der Waals surface area contributed by atoms with E-state index in [1.165, 1.54) is 6.42 Å². The topological polar surface area (TPSA) is 58.6 Å². The maximum absolute atomic E-state index is 12.6. The van der Waals surface area contributed by atoms with Crippen molar-refractivity contribution in [2.75, 3.05) is 26.2 Å². The third-order valence-electron chi connectivity index (χ3n) is 5.18. The molecular formula is C23H30N2O3. The van der Waals surface area contributed by atoms with E-state index in [9.17, 15) is 9.59 Å². The molecule has 0 bridgehead atoms. The Bertz CT molecular complexity index is 799. The highest BCUT2D eigenvalue weighted by Crippen LogP contribution is 2.16. The van der Waals surface area contributed by atoms with E-state index in [0.29, 0.717) is 25.1 Å². The standard InChI is InChI=1S/C23H30N2O3/c1-2-14-25(17-21-9-5-6-15-28-21)22(26)12-13-24-23(27)20-11-10-18-7-3-4-8-19(18)16-20/h3-4,7-8,10-11,16,21H,2,5-6,9,12-15,17H2,1H3,(H,24,27). The van der Waals surface area contributed by atoms with Gasteiger partial charge < -0.3 is 15.0 Å². The van der Waals surface area contributed by atoms with Crippen LogP contribution in [0.4, 0.5) is 0 Å². The quantitative estimate of drug-likeness (QED) is 0.756. The first-order chi connectivity index (χ1) is 13.7. The number of nitrogens with one attached hydrogen (secondary N) is 1. The molecule has 150 valence electrons. The molecule has 2 aromatic rings. The first-order valence-electron chi connectivity index (χ1n) is 10.3. The van der Waals surface area contributed by atoms with Crippen LogP contribution < -0.4 is 5.32 Å². The van der Waals surface area contributed by atoms with E-state index in [1.54, 1.807) is 0 Å². The van der Waals surface area contributed by atoms with Crippen molar-refractivity contribution in [1.82, 2.24) is 10.2 Å². The van der Waals surface area contributed by atoms with Crippen LogP contribution >= 0.6 is 0 Å². The summed E-state index contributed by atoms with van der Waals surface area (Å²) < 4.78 is 5.78. The summed E-state index contributed by atoms with van der Waals surface area (Å²) in [6.45, 7) is 4.60. The lowest BCUT2D eigenvalue weighted by Gasteiger charge is -2.30. The molecule has 0 aromatic heterocycles. The molecule has 0 spiro atoms. The zero-order valence-corrected chi connectivity index (χ0v) is 16.7. The molecule has 28 heavy (non-hydrogen) atoms.